The minimum Gasteiger partial charge on any atom is -0.394 e. The van der Waals surface area contributed by atoms with Gasteiger partial charge in [-0.3, -0.25) is 14.8 Å². The summed E-state index contributed by atoms with van der Waals surface area (Å²) in [7, 11) is 0. The average Bonchev–Trinajstić information content (AvgIpc) is 3.46. The standard InChI is InChI=1S/C19H21F3N4O2/c20-19(21,22)17(9-27)25-13-4-14(5-13)26-18(28)12-3-11-7-23-15(10-1-2-10)6-16(11)24-8-12/h3,6-8,10,13-14,17,25,27H,1-2,4-5,9H2,(H,26,28)/t13-,14-,17?. The molecule has 2 saturated carbocycles. The van der Waals surface area contributed by atoms with E-state index >= 15 is 0 Å². The molecule has 0 bridgehead atoms. The molecular formula is C19H21F3N4O2. The molecule has 6 nitrogen and oxygen atoms in total. The van der Waals surface area contributed by atoms with Crippen molar-refractivity contribution < 1.29 is 23.1 Å². The second-order valence-electron chi connectivity index (χ2n) is 7.58. The van der Waals surface area contributed by atoms with Crippen molar-refractivity contribution in [2.24, 2.45) is 0 Å². The second-order valence-corrected chi connectivity index (χ2v) is 7.58. The third kappa shape index (κ3) is 4.10. The number of aliphatic hydroxyl groups is 1. The van der Waals surface area contributed by atoms with Crippen LogP contribution in [-0.2, 0) is 0 Å². The van der Waals surface area contributed by atoms with Gasteiger partial charge in [0.15, 0.2) is 0 Å². The zero-order valence-corrected chi connectivity index (χ0v) is 15.0. The number of pyridine rings is 2. The first-order valence-electron chi connectivity index (χ1n) is 9.33. The van der Waals surface area contributed by atoms with Crippen molar-refractivity contribution in [1.29, 1.82) is 0 Å². The maximum absolute atomic E-state index is 12.7. The van der Waals surface area contributed by atoms with Gasteiger partial charge in [0.1, 0.15) is 6.04 Å². The smallest absolute Gasteiger partial charge is 0.394 e. The number of carbonyl (C=O) groups excluding carboxylic acids is 1. The molecule has 2 aromatic heterocycles. The Morgan fingerprint density at radius 1 is 1.18 bits per heavy atom. The lowest BCUT2D eigenvalue weighted by Gasteiger charge is -2.38. The van der Waals surface area contributed by atoms with Gasteiger partial charge < -0.3 is 15.7 Å². The highest BCUT2D eigenvalue weighted by Gasteiger charge is 2.42. The molecule has 0 spiro atoms. The van der Waals surface area contributed by atoms with Gasteiger partial charge in [-0.25, -0.2) is 0 Å². The Morgan fingerprint density at radius 2 is 1.93 bits per heavy atom. The van der Waals surface area contributed by atoms with Gasteiger partial charge in [0.05, 0.1) is 17.7 Å². The van der Waals surface area contributed by atoms with Crippen LogP contribution in [0, 0.1) is 0 Å². The Labute approximate surface area is 159 Å². The van der Waals surface area contributed by atoms with E-state index in [-0.39, 0.29) is 18.0 Å². The molecule has 0 aliphatic heterocycles. The fourth-order valence-electron chi connectivity index (χ4n) is 3.44. The largest absolute Gasteiger partial charge is 0.406 e. The summed E-state index contributed by atoms with van der Waals surface area (Å²) >= 11 is 0. The van der Waals surface area contributed by atoms with Gasteiger partial charge in [0.25, 0.3) is 5.91 Å². The topological polar surface area (TPSA) is 87.1 Å². The van der Waals surface area contributed by atoms with E-state index in [1.165, 1.54) is 6.20 Å². The number of aromatic nitrogens is 2. The van der Waals surface area contributed by atoms with Gasteiger partial charge in [-0.05, 0) is 37.8 Å². The van der Waals surface area contributed by atoms with Crippen molar-refractivity contribution in [3.05, 3.63) is 35.8 Å². The quantitative estimate of drug-likeness (QED) is 0.700. The Balaban J connectivity index is 1.32. The van der Waals surface area contributed by atoms with Crippen LogP contribution in [-0.4, -0.2) is 51.9 Å². The van der Waals surface area contributed by atoms with Crippen molar-refractivity contribution in [2.75, 3.05) is 6.61 Å². The number of alkyl halides is 3. The van der Waals surface area contributed by atoms with Crippen molar-refractivity contribution in [1.82, 2.24) is 20.6 Å². The van der Waals surface area contributed by atoms with Gasteiger partial charge in [-0.1, -0.05) is 0 Å². The lowest BCUT2D eigenvalue weighted by molar-refractivity contribution is -0.167. The van der Waals surface area contributed by atoms with Crippen LogP contribution in [0.25, 0.3) is 10.9 Å². The summed E-state index contributed by atoms with van der Waals surface area (Å²) in [6.45, 7) is -1.00. The number of aliphatic hydroxyl groups excluding tert-OH is 1. The van der Waals surface area contributed by atoms with Gasteiger partial charge in [0, 0.05) is 41.5 Å². The highest BCUT2D eigenvalue weighted by Crippen LogP contribution is 2.39. The molecule has 0 saturated heterocycles. The van der Waals surface area contributed by atoms with Crippen LogP contribution in [0.5, 0.6) is 0 Å². The van der Waals surface area contributed by atoms with Gasteiger partial charge in [-0.15, -0.1) is 0 Å². The summed E-state index contributed by atoms with van der Waals surface area (Å²) in [5.74, 6) is 0.218. The Kier molecular flexibility index (Phi) is 4.96. The average molecular weight is 394 g/mol. The van der Waals surface area contributed by atoms with Crippen LogP contribution in [0.15, 0.2) is 24.5 Å². The Morgan fingerprint density at radius 3 is 2.57 bits per heavy atom. The summed E-state index contributed by atoms with van der Waals surface area (Å²) in [5, 5.41) is 14.8. The number of halogens is 3. The lowest BCUT2D eigenvalue weighted by atomic mass is 9.86. The first-order valence-corrected chi connectivity index (χ1v) is 9.33. The highest BCUT2D eigenvalue weighted by atomic mass is 19.4. The van der Waals surface area contributed by atoms with Crippen LogP contribution in [0.3, 0.4) is 0 Å². The number of nitrogens with one attached hydrogen (secondary N) is 2. The van der Waals surface area contributed by atoms with Crippen molar-refractivity contribution in [3.8, 4) is 0 Å². The fraction of sp³-hybridized carbons (Fsp3) is 0.526. The van der Waals surface area contributed by atoms with E-state index in [1.807, 2.05) is 6.07 Å². The summed E-state index contributed by atoms with van der Waals surface area (Å²) in [6, 6.07) is 1.15. The molecule has 2 aliphatic rings. The molecule has 1 atom stereocenters. The predicted molar refractivity (Wildman–Crippen MR) is 95.9 cm³/mol. The maximum Gasteiger partial charge on any atom is 0.406 e. The minimum atomic E-state index is -4.49. The van der Waals surface area contributed by atoms with E-state index in [1.54, 1.807) is 12.3 Å². The summed E-state index contributed by atoms with van der Waals surface area (Å²) < 4.78 is 38.0. The molecule has 2 heterocycles. The predicted octanol–water partition coefficient (Wildman–Crippen LogP) is 2.28. The van der Waals surface area contributed by atoms with E-state index in [0.717, 1.165) is 29.4 Å². The third-order valence-corrected chi connectivity index (χ3v) is 5.33. The van der Waals surface area contributed by atoms with Crippen LogP contribution in [0.1, 0.15) is 47.7 Å². The minimum absolute atomic E-state index is 0.205. The zero-order chi connectivity index (χ0) is 19.9. The number of rotatable bonds is 6. The summed E-state index contributed by atoms with van der Waals surface area (Å²) in [4.78, 5) is 21.2. The Hall–Kier alpha value is -2.26. The van der Waals surface area contributed by atoms with Crippen molar-refractivity contribution in [2.45, 2.75) is 55.9 Å². The van der Waals surface area contributed by atoms with Crippen LogP contribution >= 0.6 is 0 Å². The first-order chi connectivity index (χ1) is 13.3. The molecule has 1 unspecified atom stereocenters. The van der Waals surface area contributed by atoms with Crippen LogP contribution < -0.4 is 10.6 Å². The first kappa shape index (κ1) is 19.1. The number of hydrogen-bond donors (Lipinski definition) is 3. The fourth-order valence-corrected chi connectivity index (χ4v) is 3.44. The molecule has 2 aromatic rings. The normalized spacial score (nSPS) is 23.3. The second kappa shape index (κ2) is 7.29. The van der Waals surface area contributed by atoms with E-state index in [9.17, 15) is 18.0 Å². The van der Waals surface area contributed by atoms with E-state index < -0.39 is 18.8 Å². The van der Waals surface area contributed by atoms with Crippen LogP contribution in [0.4, 0.5) is 13.2 Å². The van der Waals surface area contributed by atoms with Crippen LogP contribution in [0.2, 0.25) is 0 Å². The SMILES string of the molecule is O=C(N[C@H]1C[C@H](NC(CO)C(F)(F)F)C1)c1cnc2cc(C3CC3)ncc2c1. The number of fused-ring (bicyclic) bond motifs is 1. The summed E-state index contributed by atoms with van der Waals surface area (Å²) in [5.41, 5.74) is 2.22. The van der Waals surface area contributed by atoms with Gasteiger partial charge >= 0.3 is 6.18 Å². The molecule has 2 fully saturated rings. The van der Waals surface area contributed by atoms with E-state index in [2.05, 4.69) is 20.6 Å². The molecule has 28 heavy (non-hydrogen) atoms. The van der Waals surface area contributed by atoms with Crippen molar-refractivity contribution in [3.63, 3.8) is 0 Å². The molecule has 9 heteroatoms. The Bertz CT molecular complexity index is 879. The molecule has 3 N–H and O–H groups in total. The summed E-state index contributed by atoms with van der Waals surface area (Å²) in [6.07, 6.45) is 1.80. The van der Waals surface area contributed by atoms with Gasteiger partial charge in [-0.2, -0.15) is 13.2 Å². The zero-order valence-electron chi connectivity index (χ0n) is 15.0. The number of hydrogen-bond acceptors (Lipinski definition) is 5. The molecular weight excluding hydrogens is 373 g/mol. The lowest BCUT2D eigenvalue weighted by Crippen LogP contribution is -2.58. The van der Waals surface area contributed by atoms with E-state index in [4.69, 9.17) is 5.11 Å². The van der Waals surface area contributed by atoms with E-state index in [0.29, 0.717) is 24.3 Å². The molecule has 2 aliphatic carbocycles. The van der Waals surface area contributed by atoms with Gasteiger partial charge in [0.2, 0.25) is 0 Å². The molecule has 150 valence electrons. The molecule has 4 rings (SSSR count). The molecule has 0 aromatic carbocycles. The number of amides is 1. The molecule has 0 radical (unpaired) electrons. The third-order valence-electron chi connectivity index (χ3n) is 5.33. The highest BCUT2D eigenvalue weighted by molar-refractivity contribution is 5.97. The van der Waals surface area contributed by atoms with Crippen molar-refractivity contribution >= 4 is 16.8 Å². The number of carbonyl (C=O) groups is 1. The monoisotopic (exact) mass is 394 g/mol. The molecule has 1 amide bonds. The number of nitrogens with zero attached hydrogens (tertiary/aromatic N) is 2. The maximum atomic E-state index is 12.7.